The number of rotatable bonds is 11. The molecule has 8 rings (SSSR count). The molecule has 2 amide bonds. The van der Waals surface area contributed by atoms with E-state index in [0.29, 0.717) is 47.9 Å². The van der Waals surface area contributed by atoms with Gasteiger partial charge in [0.25, 0.3) is 5.91 Å². The Balaban J connectivity index is 0.988. The zero-order chi connectivity index (χ0) is 42.0. The molecule has 0 radical (unpaired) electrons. The SMILES string of the molecule is C=C(CN1CCCC1)[C@@H]1CC[C@]2(C(=O)NCCc3cccc(C(=O)NCc4ccc(C(=O)O)cn4)c3)CC[C@]3(C)C(CCC4[C@@]5(C)CC[C@H](O)C(C)(C)C5CC[C@]43C)C12. The summed E-state index contributed by atoms with van der Waals surface area (Å²) in [7, 11) is 0. The second-order valence-electron chi connectivity index (χ2n) is 21.2. The quantitative estimate of drug-likeness (QED) is 0.168. The summed E-state index contributed by atoms with van der Waals surface area (Å²) in [5.74, 6) is 1.21. The van der Waals surface area contributed by atoms with Crippen LogP contribution in [0.15, 0.2) is 54.7 Å². The highest BCUT2D eigenvalue weighted by molar-refractivity contribution is 5.94. The third-order valence-electron chi connectivity index (χ3n) is 18.4. The van der Waals surface area contributed by atoms with Gasteiger partial charge in [-0.1, -0.05) is 58.9 Å². The molecule has 0 spiro atoms. The Hall–Kier alpha value is -3.56. The number of aromatic carboxylic acids is 1. The molecule has 5 aliphatic carbocycles. The smallest absolute Gasteiger partial charge is 0.337 e. The molecule has 5 saturated carbocycles. The van der Waals surface area contributed by atoms with Crippen molar-refractivity contribution >= 4 is 17.8 Å². The van der Waals surface area contributed by atoms with E-state index in [2.05, 4.69) is 55.1 Å². The van der Waals surface area contributed by atoms with Crippen LogP contribution in [0.4, 0.5) is 0 Å². The molecule has 10 atom stereocenters. The molecule has 1 aromatic heterocycles. The second-order valence-corrected chi connectivity index (χ2v) is 21.2. The van der Waals surface area contributed by atoms with Crippen molar-refractivity contribution in [1.29, 1.82) is 0 Å². The summed E-state index contributed by atoms with van der Waals surface area (Å²) >= 11 is 0. The minimum absolute atomic E-state index is 0.0689. The normalized spacial score (nSPS) is 37.3. The molecular formula is C50H70N4O5. The molecule has 9 heteroatoms. The van der Waals surface area contributed by atoms with E-state index in [1.54, 1.807) is 12.1 Å². The minimum Gasteiger partial charge on any atom is -0.478 e. The molecule has 4 N–H and O–H groups in total. The Kier molecular flexibility index (Phi) is 11.2. The van der Waals surface area contributed by atoms with Crippen LogP contribution in [0.1, 0.15) is 144 Å². The maximum absolute atomic E-state index is 15.0. The van der Waals surface area contributed by atoms with Gasteiger partial charge in [-0.15, -0.1) is 0 Å². The number of fused-ring (bicyclic) bond motifs is 7. The van der Waals surface area contributed by atoms with Crippen LogP contribution in [0, 0.1) is 56.7 Å². The van der Waals surface area contributed by atoms with Gasteiger partial charge in [-0.2, -0.15) is 0 Å². The Morgan fingerprint density at radius 3 is 2.36 bits per heavy atom. The van der Waals surface area contributed by atoms with Crippen LogP contribution in [0.25, 0.3) is 0 Å². The van der Waals surface area contributed by atoms with Crippen LogP contribution in [0.5, 0.6) is 0 Å². The highest BCUT2D eigenvalue weighted by atomic mass is 16.4. The average molecular weight is 807 g/mol. The van der Waals surface area contributed by atoms with Crippen molar-refractivity contribution in [2.45, 2.75) is 131 Å². The van der Waals surface area contributed by atoms with E-state index in [9.17, 15) is 19.5 Å². The minimum atomic E-state index is -1.04. The summed E-state index contributed by atoms with van der Waals surface area (Å²) in [6.07, 6.45) is 15.0. The monoisotopic (exact) mass is 807 g/mol. The topological polar surface area (TPSA) is 132 Å². The van der Waals surface area contributed by atoms with Crippen molar-refractivity contribution in [3.05, 3.63) is 77.1 Å². The number of nitrogens with one attached hydrogen (secondary N) is 2. The van der Waals surface area contributed by atoms with Gasteiger partial charge >= 0.3 is 5.97 Å². The van der Waals surface area contributed by atoms with Crippen LogP contribution in [-0.2, 0) is 17.8 Å². The van der Waals surface area contributed by atoms with E-state index in [0.717, 1.165) is 63.7 Å². The molecule has 9 nitrogen and oxygen atoms in total. The standard InChI is InChI=1S/C50H70N4O5/c1-32(31-54-26-7-8-27-54)37-16-22-50(45(59)51-25-19-33-10-9-11-34(28-33)43(56)53-30-36-13-12-35(29-52-36)44(57)58)24-23-48(5)38(42(37)50)14-15-40-47(4)20-18-41(55)46(2,3)39(47)17-21-49(40,48)6/h9-13,28-29,37-42,55H,1,7-8,14-27,30-31H2,2-6H3,(H,51,59)(H,53,56)(H,57,58)/t37-,38?,39?,40?,41-,42?,47-,48+,49+,50-/m0/s1. The summed E-state index contributed by atoms with van der Waals surface area (Å²) < 4.78 is 0. The third-order valence-corrected chi connectivity index (χ3v) is 18.4. The zero-order valence-corrected chi connectivity index (χ0v) is 36.5. The summed E-state index contributed by atoms with van der Waals surface area (Å²) in [4.78, 5) is 46.0. The van der Waals surface area contributed by atoms with Gasteiger partial charge in [-0.05, 0) is 178 Å². The number of carbonyl (C=O) groups excluding carboxylic acids is 2. The molecule has 1 aromatic carbocycles. The van der Waals surface area contributed by atoms with Crippen molar-refractivity contribution in [3.8, 4) is 0 Å². The maximum Gasteiger partial charge on any atom is 0.337 e. The lowest BCUT2D eigenvalue weighted by Gasteiger charge is -2.72. The molecule has 1 aliphatic heterocycles. The first-order chi connectivity index (χ1) is 28.0. The largest absolute Gasteiger partial charge is 0.478 e. The van der Waals surface area contributed by atoms with E-state index in [1.165, 1.54) is 56.4 Å². The number of carbonyl (C=O) groups is 3. The summed E-state index contributed by atoms with van der Waals surface area (Å²) in [6.45, 7) is 21.4. The van der Waals surface area contributed by atoms with Crippen molar-refractivity contribution in [2.24, 2.45) is 56.7 Å². The van der Waals surface area contributed by atoms with Crippen LogP contribution in [-0.4, -0.2) is 70.2 Å². The van der Waals surface area contributed by atoms with Crippen molar-refractivity contribution in [1.82, 2.24) is 20.5 Å². The van der Waals surface area contributed by atoms with Crippen LogP contribution >= 0.6 is 0 Å². The summed E-state index contributed by atoms with van der Waals surface area (Å²) in [5, 5.41) is 26.7. The zero-order valence-electron chi connectivity index (χ0n) is 36.5. The molecule has 6 fully saturated rings. The first-order valence-corrected chi connectivity index (χ1v) is 23.0. The van der Waals surface area contributed by atoms with Crippen LogP contribution < -0.4 is 10.6 Å². The molecule has 0 bridgehead atoms. The third kappa shape index (κ3) is 7.08. The van der Waals surface area contributed by atoms with E-state index in [-0.39, 0.29) is 57.6 Å². The number of hydrogen-bond acceptors (Lipinski definition) is 6. The average Bonchev–Trinajstić information content (AvgIpc) is 3.88. The highest BCUT2D eigenvalue weighted by Gasteiger charge is 2.72. The molecule has 6 aliphatic rings. The second kappa shape index (κ2) is 15.7. The number of aliphatic hydroxyl groups is 1. The van der Waals surface area contributed by atoms with E-state index in [4.69, 9.17) is 11.7 Å². The predicted molar refractivity (Wildman–Crippen MR) is 230 cm³/mol. The number of carboxylic acid groups (broad SMARTS) is 1. The molecule has 2 aromatic rings. The van der Waals surface area contributed by atoms with Crippen molar-refractivity contribution in [3.63, 3.8) is 0 Å². The number of hydrogen-bond donors (Lipinski definition) is 4. The van der Waals surface area contributed by atoms with Crippen LogP contribution in [0.3, 0.4) is 0 Å². The molecule has 2 heterocycles. The van der Waals surface area contributed by atoms with Gasteiger partial charge in [0.1, 0.15) is 0 Å². The predicted octanol–water partition coefficient (Wildman–Crippen LogP) is 8.46. The number of nitrogens with zero attached hydrogens (tertiary/aromatic N) is 2. The summed E-state index contributed by atoms with van der Waals surface area (Å²) in [6, 6.07) is 10.7. The fourth-order valence-corrected chi connectivity index (χ4v) is 15.1. The molecule has 59 heavy (non-hydrogen) atoms. The lowest BCUT2D eigenvalue weighted by molar-refractivity contribution is -0.246. The van der Waals surface area contributed by atoms with E-state index < -0.39 is 11.4 Å². The summed E-state index contributed by atoms with van der Waals surface area (Å²) in [5.41, 5.74) is 3.63. The number of benzene rings is 1. The van der Waals surface area contributed by atoms with Gasteiger partial charge in [0.05, 0.1) is 29.3 Å². The lowest BCUT2D eigenvalue weighted by atomic mass is 9.32. The van der Waals surface area contributed by atoms with Crippen molar-refractivity contribution < 1.29 is 24.6 Å². The van der Waals surface area contributed by atoms with Gasteiger partial charge in [0.15, 0.2) is 0 Å². The van der Waals surface area contributed by atoms with Gasteiger partial charge in [-0.3, -0.25) is 19.5 Å². The Labute approximate surface area is 352 Å². The number of carboxylic acids is 1. The van der Waals surface area contributed by atoms with E-state index >= 15 is 0 Å². The fraction of sp³-hybridized carbons (Fsp3) is 0.680. The number of likely N-dealkylation sites (tertiary alicyclic amines) is 1. The number of amides is 2. The van der Waals surface area contributed by atoms with Gasteiger partial charge in [0.2, 0.25) is 5.91 Å². The number of aliphatic hydroxyl groups excluding tert-OH is 1. The first-order valence-electron chi connectivity index (χ1n) is 23.0. The Morgan fingerprint density at radius 1 is 0.847 bits per heavy atom. The van der Waals surface area contributed by atoms with Gasteiger partial charge in [0, 0.05) is 24.8 Å². The fourth-order valence-electron chi connectivity index (χ4n) is 15.1. The molecular weight excluding hydrogens is 737 g/mol. The Bertz CT molecular complexity index is 1940. The lowest BCUT2D eigenvalue weighted by Crippen LogP contribution is -2.67. The van der Waals surface area contributed by atoms with E-state index in [1.807, 2.05) is 18.2 Å². The first kappa shape index (κ1) is 42.1. The number of aromatic nitrogens is 1. The van der Waals surface area contributed by atoms with Gasteiger partial charge < -0.3 is 20.8 Å². The Morgan fingerprint density at radius 2 is 1.63 bits per heavy atom. The number of pyridine rings is 1. The van der Waals surface area contributed by atoms with Crippen LogP contribution in [0.2, 0.25) is 0 Å². The van der Waals surface area contributed by atoms with Crippen molar-refractivity contribution in [2.75, 3.05) is 26.2 Å². The molecule has 320 valence electrons. The maximum atomic E-state index is 15.0. The van der Waals surface area contributed by atoms with Gasteiger partial charge in [-0.25, -0.2) is 4.79 Å². The molecule has 4 unspecified atom stereocenters. The molecule has 1 saturated heterocycles. The highest BCUT2D eigenvalue weighted by Crippen LogP contribution is 2.77.